The Kier molecular flexibility index (Phi) is 6.85. The minimum Gasteiger partial charge on any atom is -0.502 e. The number of hydrogen-bond donors (Lipinski definition) is 1. The third-order valence-corrected chi connectivity index (χ3v) is 1.13. The first-order valence-electron chi connectivity index (χ1n) is 3.97. The maximum absolute atomic E-state index is 10.7. The zero-order chi connectivity index (χ0) is 10.8. The van der Waals surface area contributed by atoms with Crippen molar-refractivity contribution < 1.29 is 24.2 Å². The molecule has 0 amide bonds. The number of carbonyl (C=O) groups excluding carboxylic acids is 1. The molecule has 0 bridgehead atoms. The van der Waals surface area contributed by atoms with E-state index in [9.17, 15) is 9.59 Å². The molecule has 0 atom stereocenters. The van der Waals surface area contributed by atoms with Crippen LogP contribution in [-0.4, -0.2) is 30.3 Å². The minimum absolute atomic E-state index is 0.191. The lowest BCUT2D eigenvalue weighted by Gasteiger charge is -2.01. The summed E-state index contributed by atoms with van der Waals surface area (Å²) >= 11 is 0. The van der Waals surface area contributed by atoms with Crippen LogP contribution in [0.25, 0.3) is 0 Å². The summed E-state index contributed by atoms with van der Waals surface area (Å²) in [6.45, 7) is 3.94. The SMILES string of the molecule is C=COCCCOC(=O)/C=C\C(=O)O. The summed E-state index contributed by atoms with van der Waals surface area (Å²) in [6, 6.07) is 0. The van der Waals surface area contributed by atoms with E-state index in [4.69, 9.17) is 9.84 Å². The molecule has 0 aliphatic rings. The molecule has 0 aliphatic heterocycles. The lowest BCUT2D eigenvalue weighted by atomic mass is 10.5. The van der Waals surface area contributed by atoms with Crippen LogP contribution in [0.2, 0.25) is 0 Å². The Morgan fingerprint density at radius 1 is 1.29 bits per heavy atom. The van der Waals surface area contributed by atoms with Gasteiger partial charge in [0.2, 0.25) is 0 Å². The summed E-state index contributed by atoms with van der Waals surface area (Å²) in [4.78, 5) is 20.7. The molecule has 0 saturated heterocycles. The second-order valence-corrected chi connectivity index (χ2v) is 2.23. The van der Waals surface area contributed by atoms with E-state index in [1.165, 1.54) is 6.26 Å². The van der Waals surface area contributed by atoms with Gasteiger partial charge in [0, 0.05) is 18.6 Å². The highest BCUT2D eigenvalue weighted by molar-refractivity contribution is 5.90. The van der Waals surface area contributed by atoms with Gasteiger partial charge in [-0.2, -0.15) is 0 Å². The molecule has 0 spiro atoms. The third-order valence-electron chi connectivity index (χ3n) is 1.13. The molecule has 0 unspecified atom stereocenters. The van der Waals surface area contributed by atoms with Crippen LogP contribution in [-0.2, 0) is 19.1 Å². The molecule has 5 heteroatoms. The van der Waals surface area contributed by atoms with Crippen LogP contribution in [0.5, 0.6) is 0 Å². The van der Waals surface area contributed by atoms with Crippen LogP contribution in [0.15, 0.2) is 25.0 Å². The first-order chi connectivity index (χ1) is 6.66. The summed E-state index contributed by atoms with van der Waals surface area (Å²) in [5.41, 5.74) is 0. The largest absolute Gasteiger partial charge is 0.502 e. The first kappa shape index (κ1) is 12.2. The van der Waals surface area contributed by atoms with E-state index in [0.29, 0.717) is 13.0 Å². The quantitative estimate of drug-likeness (QED) is 0.284. The lowest BCUT2D eigenvalue weighted by molar-refractivity contribution is -0.139. The van der Waals surface area contributed by atoms with Crippen LogP contribution in [0.1, 0.15) is 6.42 Å². The van der Waals surface area contributed by atoms with E-state index in [1.807, 2.05) is 0 Å². The minimum atomic E-state index is -1.18. The molecule has 0 fully saturated rings. The van der Waals surface area contributed by atoms with Gasteiger partial charge in [0.1, 0.15) is 0 Å². The van der Waals surface area contributed by atoms with Crippen molar-refractivity contribution in [2.45, 2.75) is 6.42 Å². The number of hydrogen-bond acceptors (Lipinski definition) is 4. The summed E-state index contributed by atoms with van der Waals surface area (Å²) in [5, 5.41) is 8.18. The molecule has 0 rings (SSSR count). The smallest absolute Gasteiger partial charge is 0.331 e. The van der Waals surface area contributed by atoms with Crippen molar-refractivity contribution in [2.24, 2.45) is 0 Å². The predicted molar refractivity (Wildman–Crippen MR) is 48.5 cm³/mol. The van der Waals surface area contributed by atoms with E-state index < -0.39 is 11.9 Å². The lowest BCUT2D eigenvalue weighted by Crippen LogP contribution is -2.05. The van der Waals surface area contributed by atoms with E-state index in [0.717, 1.165) is 12.2 Å². The summed E-state index contributed by atoms with van der Waals surface area (Å²) < 4.78 is 9.41. The van der Waals surface area contributed by atoms with Crippen LogP contribution >= 0.6 is 0 Å². The highest BCUT2D eigenvalue weighted by Gasteiger charge is 1.97. The van der Waals surface area contributed by atoms with Crippen LogP contribution < -0.4 is 0 Å². The van der Waals surface area contributed by atoms with Gasteiger partial charge in [-0.15, -0.1) is 0 Å². The normalized spacial score (nSPS) is 9.71. The molecule has 78 valence electrons. The number of ether oxygens (including phenoxy) is 2. The predicted octanol–water partition coefficient (Wildman–Crippen LogP) is 0.721. The second kappa shape index (κ2) is 7.85. The Bertz CT molecular complexity index is 231. The number of rotatable bonds is 7. The van der Waals surface area contributed by atoms with Crippen molar-refractivity contribution in [3.8, 4) is 0 Å². The Morgan fingerprint density at radius 2 is 2.00 bits per heavy atom. The van der Waals surface area contributed by atoms with Gasteiger partial charge in [-0.05, 0) is 0 Å². The highest BCUT2D eigenvalue weighted by atomic mass is 16.5. The van der Waals surface area contributed by atoms with Gasteiger partial charge in [-0.3, -0.25) is 0 Å². The summed E-state index contributed by atoms with van der Waals surface area (Å²) in [7, 11) is 0. The fourth-order valence-corrected chi connectivity index (χ4v) is 0.586. The first-order valence-corrected chi connectivity index (χ1v) is 3.97. The van der Waals surface area contributed by atoms with Gasteiger partial charge < -0.3 is 14.6 Å². The van der Waals surface area contributed by atoms with Crippen LogP contribution in [0, 0.1) is 0 Å². The van der Waals surface area contributed by atoms with Gasteiger partial charge in [-0.25, -0.2) is 9.59 Å². The van der Waals surface area contributed by atoms with Gasteiger partial charge in [0.25, 0.3) is 0 Å². The summed E-state index contributed by atoms with van der Waals surface area (Å²) in [6.07, 6.45) is 3.42. The van der Waals surface area contributed by atoms with Gasteiger partial charge >= 0.3 is 11.9 Å². The van der Waals surface area contributed by atoms with Crippen molar-refractivity contribution >= 4 is 11.9 Å². The fourth-order valence-electron chi connectivity index (χ4n) is 0.586. The van der Waals surface area contributed by atoms with E-state index >= 15 is 0 Å². The average Bonchev–Trinajstić information content (AvgIpc) is 2.14. The number of carboxylic acids is 1. The summed E-state index contributed by atoms with van der Waals surface area (Å²) in [5.74, 6) is -1.86. The van der Waals surface area contributed by atoms with Crippen LogP contribution in [0.4, 0.5) is 0 Å². The molecular weight excluding hydrogens is 188 g/mol. The molecule has 0 aromatic heterocycles. The molecule has 0 heterocycles. The van der Waals surface area contributed by atoms with Crippen molar-refractivity contribution in [1.29, 1.82) is 0 Å². The zero-order valence-electron chi connectivity index (χ0n) is 7.64. The number of aliphatic carboxylic acids is 1. The van der Waals surface area contributed by atoms with E-state index in [1.54, 1.807) is 0 Å². The van der Waals surface area contributed by atoms with E-state index in [-0.39, 0.29) is 6.61 Å². The monoisotopic (exact) mass is 200 g/mol. The molecule has 5 nitrogen and oxygen atoms in total. The molecule has 0 aromatic rings. The molecule has 0 radical (unpaired) electrons. The van der Waals surface area contributed by atoms with Gasteiger partial charge in [0.15, 0.2) is 0 Å². The molecule has 0 aliphatic carbocycles. The number of esters is 1. The Hall–Kier alpha value is -1.78. The fraction of sp³-hybridized carbons (Fsp3) is 0.333. The molecule has 1 N–H and O–H groups in total. The van der Waals surface area contributed by atoms with Crippen molar-refractivity contribution in [1.82, 2.24) is 0 Å². The second-order valence-electron chi connectivity index (χ2n) is 2.23. The standard InChI is InChI=1S/C9H12O5/c1-2-13-6-3-7-14-9(12)5-4-8(10)11/h2,4-5H,1,3,6-7H2,(H,10,11)/b5-4-. The number of carbonyl (C=O) groups is 2. The molecule has 14 heavy (non-hydrogen) atoms. The third kappa shape index (κ3) is 8.32. The highest BCUT2D eigenvalue weighted by Crippen LogP contribution is 1.87. The van der Waals surface area contributed by atoms with Crippen molar-refractivity contribution in [2.75, 3.05) is 13.2 Å². The van der Waals surface area contributed by atoms with Crippen LogP contribution in [0.3, 0.4) is 0 Å². The van der Waals surface area contributed by atoms with E-state index in [2.05, 4.69) is 11.3 Å². The zero-order valence-corrected chi connectivity index (χ0v) is 7.64. The van der Waals surface area contributed by atoms with Crippen molar-refractivity contribution in [3.63, 3.8) is 0 Å². The Balaban J connectivity index is 3.44. The molecular formula is C9H12O5. The Labute approximate surface area is 81.6 Å². The molecule has 0 aromatic carbocycles. The molecule has 0 saturated carbocycles. The topological polar surface area (TPSA) is 72.8 Å². The van der Waals surface area contributed by atoms with Crippen molar-refractivity contribution in [3.05, 3.63) is 25.0 Å². The van der Waals surface area contributed by atoms with Gasteiger partial charge in [-0.1, -0.05) is 6.58 Å². The number of carboxylic acid groups (broad SMARTS) is 1. The van der Waals surface area contributed by atoms with Gasteiger partial charge in [0.05, 0.1) is 19.5 Å². The average molecular weight is 200 g/mol. The maximum Gasteiger partial charge on any atom is 0.331 e. The maximum atomic E-state index is 10.7. The Morgan fingerprint density at radius 3 is 2.57 bits per heavy atom.